The maximum absolute atomic E-state index is 11.8. The van der Waals surface area contributed by atoms with E-state index in [9.17, 15) is 9.59 Å². The molecule has 0 saturated carbocycles. The molecule has 0 bridgehead atoms. The molecule has 0 saturated heterocycles. The summed E-state index contributed by atoms with van der Waals surface area (Å²) in [6.45, 7) is 3.17. The normalized spacial score (nSPS) is 10.3. The Kier molecular flexibility index (Phi) is 6.64. The number of ether oxygens (including phenoxy) is 2. The van der Waals surface area contributed by atoms with E-state index in [1.54, 1.807) is 13.8 Å². The Morgan fingerprint density at radius 3 is 2.67 bits per heavy atom. The van der Waals surface area contributed by atoms with E-state index >= 15 is 0 Å². The van der Waals surface area contributed by atoms with Crippen LogP contribution in [-0.2, 0) is 9.53 Å². The minimum Gasteiger partial charge on any atom is -0.489 e. The van der Waals surface area contributed by atoms with Crippen molar-refractivity contribution in [2.24, 2.45) is 5.73 Å². The second kappa shape index (κ2) is 8.23. The summed E-state index contributed by atoms with van der Waals surface area (Å²) in [5.74, 6) is -0.610. The lowest BCUT2D eigenvalue weighted by Crippen LogP contribution is -2.22. The highest BCUT2D eigenvalue weighted by Gasteiger charge is 2.14. The highest BCUT2D eigenvalue weighted by atomic mass is 16.5. The van der Waals surface area contributed by atoms with Crippen molar-refractivity contribution < 1.29 is 24.2 Å². The van der Waals surface area contributed by atoms with Gasteiger partial charge in [0.15, 0.2) is 0 Å². The van der Waals surface area contributed by atoms with Gasteiger partial charge in [-0.05, 0) is 32.0 Å². The first-order valence-electron chi connectivity index (χ1n) is 6.56. The molecule has 0 spiro atoms. The van der Waals surface area contributed by atoms with E-state index in [0.29, 0.717) is 11.3 Å². The third-order valence-electron chi connectivity index (χ3n) is 2.37. The van der Waals surface area contributed by atoms with E-state index in [1.807, 2.05) is 0 Å². The van der Waals surface area contributed by atoms with Crippen molar-refractivity contribution in [3.8, 4) is 5.75 Å². The fraction of sp³-hybridized carbons (Fsp3) is 0.429. The van der Waals surface area contributed by atoms with Crippen LogP contribution in [0.4, 0.5) is 5.69 Å². The molecule has 116 valence electrons. The van der Waals surface area contributed by atoms with Crippen molar-refractivity contribution in [1.29, 1.82) is 0 Å². The summed E-state index contributed by atoms with van der Waals surface area (Å²) >= 11 is 0. The number of hydrogen-bond acceptors (Lipinski definition) is 6. The number of nitrogens with one attached hydrogen (secondary N) is 1. The largest absolute Gasteiger partial charge is 0.489 e. The molecule has 0 unspecified atom stereocenters. The number of benzene rings is 1. The van der Waals surface area contributed by atoms with Crippen LogP contribution in [0.25, 0.3) is 0 Å². The summed E-state index contributed by atoms with van der Waals surface area (Å²) in [4.78, 5) is 23.2. The number of esters is 1. The zero-order chi connectivity index (χ0) is 15.8. The van der Waals surface area contributed by atoms with Gasteiger partial charge in [0, 0.05) is 0 Å². The van der Waals surface area contributed by atoms with Crippen LogP contribution >= 0.6 is 0 Å². The van der Waals surface area contributed by atoms with E-state index in [2.05, 4.69) is 5.32 Å². The summed E-state index contributed by atoms with van der Waals surface area (Å²) in [7, 11) is 0. The maximum atomic E-state index is 11.8. The summed E-state index contributed by atoms with van der Waals surface area (Å²) in [5, 5.41) is 11.4. The fourth-order valence-corrected chi connectivity index (χ4v) is 1.51. The summed E-state index contributed by atoms with van der Waals surface area (Å²) in [6, 6.07) is 4.49. The van der Waals surface area contributed by atoms with Gasteiger partial charge in [0.1, 0.15) is 12.4 Å². The van der Waals surface area contributed by atoms with Crippen molar-refractivity contribution in [2.45, 2.75) is 20.0 Å². The minimum absolute atomic E-state index is 0.0359. The second-order valence-corrected chi connectivity index (χ2v) is 4.49. The first kappa shape index (κ1) is 16.9. The molecule has 0 aliphatic rings. The lowest BCUT2D eigenvalue weighted by Gasteiger charge is -2.14. The van der Waals surface area contributed by atoms with Crippen LogP contribution < -0.4 is 15.8 Å². The molecule has 1 amide bonds. The summed E-state index contributed by atoms with van der Waals surface area (Å²) in [5.41, 5.74) is 5.90. The van der Waals surface area contributed by atoms with E-state index in [0.717, 1.165) is 0 Å². The third kappa shape index (κ3) is 5.41. The van der Waals surface area contributed by atoms with Gasteiger partial charge >= 0.3 is 5.97 Å². The van der Waals surface area contributed by atoms with Gasteiger partial charge in [0.25, 0.3) is 0 Å². The minimum atomic E-state index is -0.490. The first-order valence-corrected chi connectivity index (χ1v) is 6.56. The number of amides is 1. The molecule has 21 heavy (non-hydrogen) atoms. The van der Waals surface area contributed by atoms with Gasteiger partial charge in [0.05, 0.1) is 30.5 Å². The van der Waals surface area contributed by atoms with Crippen LogP contribution in [-0.4, -0.2) is 42.8 Å². The summed E-state index contributed by atoms with van der Waals surface area (Å²) < 4.78 is 10.4. The van der Waals surface area contributed by atoms with Gasteiger partial charge in [-0.1, -0.05) is 0 Å². The molecule has 0 aromatic heterocycles. The van der Waals surface area contributed by atoms with Crippen molar-refractivity contribution >= 4 is 17.6 Å². The molecule has 0 fully saturated rings. The van der Waals surface area contributed by atoms with Crippen LogP contribution in [0.2, 0.25) is 0 Å². The average Bonchev–Trinajstić information content (AvgIpc) is 2.45. The van der Waals surface area contributed by atoms with Crippen molar-refractivity contribution in [3.63, 3.8) is 0 Å². The molecule has 4 N–H and O–H groups in total. The number of nitrogens with two attached hydrogens (primary N) is 1. The van der Waals surface area contributed by atoms with Crippen molar-refractivity contribution in [2.75, 3.05) is 25.1 Å². The number of carbonyl (C=O) groups is 2. The Labute approximate surface area is 123 Å². The molecule has 0 heterocycles. The monoisotopic (exact) mass is 296 g/mol. The van der Waals surface area contributed by atoms with Crippen LogP contribution in [0.3, 0.4) is 0 Å². The molecule has 0 aliphatic heterocycles. The van der Waals surface area contributed by atoms with E-state index in [1.165, 1.54) is 18.2 Å². The van der Waals surface area contributed by atoms with E-state index < -0.39 is 5.97 Å². The molecule has 0 aliphatic carbocycles. The molecular formula is C14H20N2O5. The zero-order valence-electron chi connectivity index (χ0n) is 12.1. The predicted molar refractivity (Wildman–Crippen MR) is 77.3 cm³/mol. The number of aliphatic hydroxyl groups is 1. The van der Waals surface area contributed by atoms with Gasteiger partial charge < -0.3 is 25.6 Å². The lowest BCUT2D eigenvalue weighted by molar-refractivity contribution is -0.114. The SMILES string of the molecule is CC(C)OC(=O)c1ccc(NC(=O)CN)c(OCCO)c1. The Morgan fingerprint density at radius 2 is 2.10 bits per heavy atom. The molecule has 0 radical (unpaired) electrons. The predicted octanol–water partition coefficient (Wildman–Crippen LogP) is 0.520. The number of aliphatic hydroxyl groups excluding tert-OH is 1. The second-order valence-electron chi connectivity index (χ2n) is 4.49. The summed E-state index contributed by atoms with van der Waals surface area (Å²) in [6.07, 6.45) is -0.240. The molecular weight excluding hydrogens is 276 g/mol. The molecule has 1 rings (SSSR count). The number of anilines is 1. The number of rotatable bonds is 7. The smallest absolute Gasteiger partial charge is 0.338 e. The van der Waals surface area contributed by atoms with Gasteiger partial charge in [-0.3, -0.25) is 4.79 Å². The highest BCUT2D eigenvalue weighted by Crippen LogP contribution is 2.26. The highest BCUT2D eigenvalue weighted by molar-refractivity contribution is 5.95. The number of carbonyl (C=O) groups excluding carboxylic acids is 2. The van der Waals surface area contributed by atoms with E-state index in [-0.39, 0.29) is 37.5 Å². The van der Waals surface area contributed by atoms with Gasteiger partial charge in [0.2, 0.25) is 5.91 Å². The van der Waals surface area contributed by atoms with Crippen LogP contribution in [0, 0.1) is 0 Å². The molecule has 1 aromatic rings. The zero-order valence-corrected chi connectivity index (χ0v) is 12.1. The van der Waals surface area contributed by atoms with Crippen LogP contribution in [0.1, 0.15) is 24.2 Å². The standard InChI is InChI=1S/C14H20N2O5/c1-9(2)21-14(19)10-3-4-11(16-13(18)8-15)12(7-10)20-6-5-17/h3-4,7,9,17H,5-6,8,15H2,1-2H3,(H,16,18). The van der Waals surface area contributed by atoms with Crippen molar-refractivity contribution in [3.05, 3.63) is 23.8 Å². The van der Waals surface area contributed by atoms with Gasteiger partial charge in [-0.2, -0.15) is 0 Å². The number of hydrogen-bond donors (Lipinski definition) is 3. The molecule has 0 atom stereocenters. The maximum Gasteiger partial charge on any atom is 0.338 e. The third-order valence-corrected chi connectivity index (χ3v) is 2.37. The lowest BCUT2D eigenvalue weighted by atomic mass is 10.2. The first-order chi connectivity index (χ1) is 9.97. The molecule has 7 nitrogen and oxygen atoms in total. The van der Waals surface area contributed by atoms with Gasteiger partial charge in [-0.15, -0.1) is 0 Å². The Bertz CT molecular complexity index is 502. The fourth-order valence-electron chi connectivity index (χ4n) is 1.51. The van der Waals surface area contributed by atoms with E-state index in [4.69, 9.17) is 20.3 Å². The van der Waals surface area contributed by atoms with Crippen LogP contribution in [0.15, 0.2) is 18.2 Å². The molecule has 7 heteroatoms. The quantitative estimate of drug-likeness (QED) is 0.633. The Balaban J connectivity index is 2.99. The van der Waals surface area contributed by atoms with Crippen LogP contribution in [0.5, 0.6) is 5.75 Å². The molecule has 1 aromatic carbocycles. The van der Waals surface area contributed by atoms with Crippen molar-refractivity contribution in [1.82, 2.24) is 0 Å². The topological polar surface area (TPSA) is 111 Å². The van der Waals surface area contributed by atoms with Gasteiger partial charge in [-0.25, -0.2) is 4.79 Å². The average molecular weight is 296 g/mol. The Morgan fingerprint density at radius 1 is 1.38 bits per heavy atom. The Hall–Kier alpha value is -2.12.